The van der Waals surface area contributed by atoms with Crippen molar-refractivity contribution in [2.75, 3.05) is 0 Å². The molecule has 2 heterocycles. The van der Waals surface area contributed by atoms with Crippen LogP contribution in [0.5, 0.6) is 0 Å². The van der Waals surface area contributed by atoms with E-state index >= 15 is 0 Å². The van der Waals surface area contributed by atoms with Gasteiger partial charge in [-0.3, -0.25) is 9.59 Å². The van der Waals surface area contributed by atoms with Gasteiger partial charge in [-0.15, -0.1) is 11.3 Å². The van der Waals surface area contributed by atoms with Gasteiger partial charge in [-0.25, -0.2) is 0 Å². The minimum atomic E-state index is -0.210. The van der Waals surface area contributed by atoms with E-state index in [2.05, 4.69) is 0 Å². The first-order valence-corrected chi connectivity index (χ1v) is 9.12. The quantitative estimate of drug-likeness (QED) is 0.626. The van der Waals surface area contributed by atoms with Crippen molar-refractivity contribution >= 4 is 23.0 Å². The standard InChI is InChI=1S/C21H17NO2S/c23-20(15-7-2-1-3-8-15)13-19-17-10-4-5-11-18(17)21(24)22(19)14-16-9-6-12-25-16/h1-12,19H,13-14H2. The molecule has 0 saturated heterocycles. The molecule has 3 nitrogen and oxygen atoms in total. The van der Waals surface area contributed by atoms with Gasteiger partial charge < -0.3 is 4.90 Å². The summed E-state index contributed by atoms with van der Waals surface area (Å²) in [7, 11) is 0. The first-order chi connectivity index (χ1) is 12.2. The summed E-state index contributed by atoms with van der Waals surface area (Å²) in [5.74, 6) is 0.0705. The minimum absolute atomic E-state index is 0.00913. The molecule has 0 bridgehead atoms. The second-order valence-electron chi connectivity index (χ2n) is 6.11. The van der Waals surface area contributed by atoms with Crippen LogP contribution in [-0.4, -0.2) is 16.6 Å². The number of carbonyl (C=O) groups is 2. The van der Waals surface area contributed by atoms with Gasteiger partial charge in [0.2, 0.25) is 0 Å². The van der Waals surface area contributed by atoms with Crippen LogP contribution in [0.25, 0.3) is 0 Å². The molecule has 0 saturated carbocycles. The van der Waals surface area contributed by atoms with Crippen LogP contribution in [0.1, 0.15) is 43.6 Å². The topological polar surface area (TPSA) is 37.4 Å². The van der Waals surface area contributed by atoms with Gasteiger partial charge in [0.05, 0.1) is 12.6 Å². The molecule has 1 amide bonds. The Kier molecular flexibility index (Phi) is 4.20. The van der Waals surface area contributed by atoms with E-state index in [-0.39, 0.29) is 17.7 Å². The lowest BCUT2D eigenvalue weighted by Crippen LogP contribution is -2.28. The highest BCUT2D eigenvalue weighted by molar-refractivity contribution is 7.09. The van der Waals surface area contributed by atoms with Crippen molar-refractivity contribution in [2.45, 2.75) is 19.0 Å². The van der Waals surface area contributed by atoms with Crippen molar-refractivity contribution in [3.05, 3.63) is 93.7 Å². The smallest absolute Gasteiger partial charge is 0.255 e. The van der Waals surface area contributed by atoms with Crippen molar-refractivity contribution in [1.29, 1.82) is 0 Å². The lowest BCUT2D eigenvalue weighted by atomic mass is 9.97. The van der Waals surface area contributed by atoms with Crippen LogP contribution in [0, 0.1) is 0 Å². The lowest BCUT2D eigenvalue weighted by molar-refractivity contribution is 0.0689. The first kappa shape index (κ1) is 15.8. The van der Waals surface area contributed by atoms with Crippen LogP contribution in [0.15, 0.2) is 72.1 Å². The van der Waals surface area contributed by atoms with E-state index in [0.717, 1.165) is 10.4 Å². The fourth-order valence-electron chi connectivity index (χ4n) is 3.34. The molecule has 25 heavy (non-hydrogen) atoms. The summed E-state index contributed by atoms with van der Waals surface area (Å²) in [4.78, 5) is 28.6. The normalized spacial score (nSPS) is 16.1. The summed E-state index contributed by atoms with van der Waals surface area (Å²) < 4.78 is 0. The average molecular weight is 347 g/mol. The molecular weight excluding hydrogens is 330 g/mol. The lowest BCUT2D eigenvalue weighted by Gasteiger charge is -2.24. The fourth-order valence-corrected chi connectivity index (χ4v) is 4.04. The van der Waals surface area contributed by atoms with Crippen molar-refractivity contribution in [2.24, 2.45) is 0 Å². The maximum Gasteiger partial charge on any atom is 0.255 e. The van der Waals surface area contributed by atoms with E-state index in [1.54, 1.807) is 11.3 Å². The number of ketones is 1. The molecule has 0 N–H and O–H groups in total. The number of fused-ring (bicyclic) bond motifs is 1. The van der Waals surface area contributed by atoms with E-state index in [9.17, 15) is 9.59 Å². The molecule has 0 radical (unpaired) electrons. The predicted octanol–water partition coefficient (Wildman–Crippen LogP) is 4.72. The Balaban J connectivity index is 1.66. The average Bonchev–Trinajstić information content (AvgIpc) is 3.25. The van der Waals surface area contributed by atoms with Gasteiger partial charge in [-0.2, -0.15) is 0 Å². The molecule has 1 aliphatic rings. The fraction of sp³-hybridized carbons (Fsp3) is 0.143. The number of benzene rings is 2. The molecule has 4 heteroatoms. The Bertz CT molecular complexity index is 903. The summed E-state index contributed by atoms with van der Waals surface area (Å²) in [5, 5.41) is 2.01. The third-order valence-electron chi connectivity index (χ3n) is 4.57. The third-order valence-corrected chi connectivity index (χ3v) is 5.43. The van der Waals surface area contributed by atoms with E-state index in [4.69, 9.17) is 0 Å². The molecule has 1 unspecified atom stereocenters. The molecule has 3 aromatic rings. The third kappa shape index (κ3) is 3.01. The van der Waals surface area contributed by atoms with Gasteiger partial charge >= 0.3 is 0 Å². The van der Waals surface area contributed by atoms with Gasteiger partial charge in [0.15, 0.2) is 5.78 Å². The van der Waals surface area contributed by atoms with Crippen molar-refractivity contribution in [1.82, 2.24) is 4.90 Å². The Morgan fingerprint density at radius 1 is 0.960 bits per heavy atom. The molecule has 4 rings (SSSR count). The zero-order valence-corrected chi connectivity index (χ0v) is 14.4. The summed E-state index contributed by atoms with van der Waals surface area (Å²) in [5.41, 5.74) is 2.36. The Labute approximate surface area is 150 Å². The Morgan fingerprint density at radius 3 is 2.48 bits per heavy atom. The number of hydrogen-bond donors (Lipinski definition) is 0. The maximum atomic E-state index is 12.9. The van der Waals surface area contributed by atoms with Crippen molar-refractivity contribution in [3.63, 3.8) is 0 Å². The van der Waals surface area contributed by atoms with Crippen LogP contribution in [-0.2, 0) is 6.54 Å². The van der Waals surface area contributed by atoms with E-state index in [1.807, 2.05) is 77.0 Å². The number of thiophene rings is 1. The predicted molar refractivity (Wildman–Crippen MR) is 98.8 cm³/mol. The van der Waals surface area contributed by atoms with Crippen LogP contribution in [0.3, 0.4) is 0 Å². The second-order valence-corrected chi connectivity index (χ2v) is 7.14. The highest BCUT2D eigenvalue weighted by Crippen LogP contribution is 2.38. The number of nitrogens with zero attached hydrogens (tertiary/aromatic N) is 1. The largest absolute Gasteiger partial charge is 0.326 e. The number of amides is 1. The number of rotatable bonds is 5. The monoisotopic (exact) mass is 347 g/mol. The maximum absolute atomic E-state index is 12.9. The van der Waals surface area contributed by atoms with Gasteiger partial charge in [-0.1, -0.05) is 54.6 Å². The summed E-state index contributed by atoms with van der Waals surface area (Å²) >= 11 is 1.63. The molecule has 1 aliphatic heterocycles. The van der Waals surface area contributed by atoms with E-state index < -0.39 is 0 Å². The van der Waals surface area contributed by atoms with Crippen LogP contribution < -0.4 is 0 Å². The van der Waals surface area contributed by atoms with Gasteiger partial charge in [-0.05, 0) is 23.1 Å². The Hall–Kier alpha value is -2.72. The molecule has 0 fully saturated rings. The second kappa shape index (κ2) is 6.65. The van der Waals surface area contributed by atoms with Gasteiger partial charge in [0.1, 0.15) is 0 Å². The molecule has 2 aromatic carbocycles. The molecule has 1 atom stereocenters. The number of Topliss-reactive ketones (excluding diaryl/α,β-unsaturated/α-hetero) is 1. The SMILES string of the molecule is O=C(CC1c2ccccc2C(=O)N1Cc1cccs1)c1ccccc1. The zero-order valence-electron chi connectivity index (χ0n) is 13.6. The van der Waals surface area contributed by atoms with E-state index in [0.29, 0.717) is 24.1 Å². The summed E-state index contributed by atoms with van der Waals surface area (Å²) in [6.45, 7) is 0.540. The zero-order chi connectivity index (χ0) is 17.2. The van der Waals surface area contributed by atoms with Gasteiger partial charge in [0.25, 0.3) is 5.91 Å². The number of carbonyl (C=O) groups excluding carboxylic acids is 2. The highest BCUT2D eigenvalue weighted by atomic mass is 32.1. The molecular formula is C21H17NO2S. The Morgan fingerprint density at radius 2 is 1.72 bits per heavy atom. The summed E-state index contributed by atoms with van der Waals surface area (Å²) in [6.07, 6.45) is 0.304. The van der Waals surface area contributed by atoms with Crippen LogP contribution >= 0.6 is 11.3 Å². The number of hydrogen-bond acceptors (Lipinski definition) is 3. The van der Waals surface area contributed by atoms with Crippen LogP contribution in [0.2, 0.25) is 0 Å². The van der Waals surface area contributed by atoms with Crippen molar-refractivity contribution in [3.8, 4) is 0 Å². The minimum Gasteiger partial charge on any atom is -0.326 e. The van der Waals surface area contributed by atoms with Crippen LogP contribution in [0.4, 0.5) is 0 Å². The molecule has 124 valence electrons. The first-order valence-electron chi connectivity index (χ1n) is 8.24. The molecule has 1 aromatic heterocycles. The molecule has 0 spiro atoms. The van der Waals surface area contributed by atoms with Gasteiger partial charge in [0, 0.05) is 22.4 Å². The van der Waals surface area contributed by atoms with Crippen molar-refractivity contribution < 1.29 is 9.59 Å². The highest BCUT2D eigenvalue weighted by Gasteiger charge is 2.37. The summed E-state index contributed by atoms with van der Waals surface area (Å²) in [6, 6.07) is 20.7. The molecule has 0 aliphatic carbocycles. The van der Waals surface area contributed by atoms with E-state index in [1.165, 1.54) is 0 Å².